The fourth-order valence-corrected chi connectivity index (χ4v) is 1.60. The summed E-state index contributed by atoms with van der Waals surface area (Å²) in [5.74, 6) is 0.192. The maximum absolute atomic E-state index is 9.66. The first-order valence-corrected chi connectivity index (χ1v) is 4.80. The summed E-state index contributed by atoms with van der Waals surface area (Å²) in [4.78, 5) is 3.76. The van der Waals surface area contributed by atoms with Gasteiger partial charge < -0.3 is 25.2 Å². The fraction of sp³-hybridized carbons (Fsp3) is 0.750. The van der Waals surface area contributed by atoms with Gasteiger partial charge in [-0.25, -0.2) is 9.67 Å². The minimum absolute atomic E-state index is 0.192. The van der Waals surface area contributed by atoms with Crippen LogP contribution in [-0.4, -0.2) is 60.1 Å². The molecule has 1 aromatic heterocycles. The van der Waals surface area contributed by atoms with E-state index in [0.717, 1.165) is 0 Å². The number of rotatable bonds is 3. The molecular weight excluding hydrogens is 218 g/mol. The third kappa shape index (κ3) is 1.81. The molecule has 2 heterocycles. The lowest BCUT2D eigenvalue weighted by Crippen LogP contribution is -2.33. The fourth-order valence-electron chi connectivity index (χ4n) is 1.60. The molecule has 1 aromatic rings. The Morgan fingerprint density at radius 1 is 1.31 bits per heavy atom. The van der Waals surface area contributed by atoms with Gasteiger partial charge in [-0.15, -0.1) is 0 Å². The van der Waals surface area contributed by atoms with Gasteiger partial charge in [-0.2, -0.15) is 5.10 Å². The van der Waals surface area contributed by atoms with Gasteiger partial charge in [-0.1, -0.05) is 0 Å². The molecule has 0 saturated carbocycles. The minimum Gasteiger partial charge on any atom is -0.394 e. The maximum atomic E-state index is 9.66. The van der Waals surface area contributed by atoms with Crippen LogP contribution in [0, 0.1) is 0 Å². The van der Waals surface area contributed by atoms with Crippen LogP contribution < -0.4 is 0 Å². The van der Waals surface area contributed by atoms with Gasteiger partial charge in [0, 0.05) is 0 Å². The van der Waals surface area contributed by atoms with E-state index in [1.165, 1.54) is 11.0 Å². The monoisotopic (exact) mass is 231 g/mol. The van der Waals surface area contributed by atoms with Crippen molar-refractivity contribution in [2.45, 2.75) is 31.1 Å². The third-order valence-electron chi connectivity index (χ3n) is 2.48. The summed E-state index contributed by atoms with van der Waals surface area (Å²) < 4.78 is 6.41. The van der Waals surface area contributed by atoms with Crippen molar-refractivity contribution < 1.29 is 25.2 Å². The Kier molecular flexibility index (Phi) is 3.17. The summed E-state index contributed by atoms with van der Waals surface area (Å²) in [5.41, 5.74) is 0. The number of nitrogens with zero attached hydrogens (tertiary/aromatic N) is 3. The highest BCUT2D eigenvalue weighted by Crippen LogP contribution is 2.28. The highest BCUT2D eigenvalue weighted by Gasteiger charge is 2.43. The normalized spacial score (nSPS) is 34.5. The molecule has 1 aliphatic heterocycles. The summed E-state index contributed by atoms with van der Waals surface area (Å²) in [6, 6.07) is 0. The van der Waals surface area contributed by atoms with Gasteiger partial charge >= 0.3 is 0 Å². The smallest absolute Gasteiger partial charge is 0.180 e. The van der Waals surface area contributed by atoms with Gasteiger partial charge in [0.2, 0.25) is 0 Å². The van der Waals surface area contributed by atoms with E-state index in [0.29, 0.717) is 0 Å². The van der Waals surface area contributed by atoms with Crippen LogP contribution in [0.2, 0.25) is 0 Å². The SMILES string of the molecule is OCc1ncn([C@@H]2O[C@H](CO)C(O)[C@@H]2O)n1. The van der Waals surface area contributed by atoms with E-state index < -0.39 is 31.1 Å². The number of hydrogen-bond acceptors (Lipinski definition) is 7. The van der Waals surface area contributed by atoms with Crippen molar-refractivity contribution in [2.24, 2.45) is 0 Å². The molecule has 1 unspecified atom stereocenters. The van der Waals surface area contributed by atoms with Crippen molar-refractivity contribution in [1.29, 1.82) is 0 Å². The van der Waals surface area contributed by atoms with E-state index in [4.69, 9.17) is 14.9 Å². The maximum Gasteiger partial charge on any atom is 0.180 e. The molecule has 8 heteroatoms. The van der Waals surface area contributed by atoms with E-state index in [-0.39, 0.29) is 12.4 Å². The van der Waals surface area contributed by atoms with Crippen molar-refractivity contribution in [3.63, 3.8) is 0 Å². The molecule has 16 heavy (non-hydrogen) atoms. The minimum atomic E-state index is -1.19. The number of ether oxygens (including phenoxy) is 1. The number of hydrogen-bond donors (Lipinski definition) is 4. The van der Waals surface area contributed by atoms with E-state index in [9.17, 15) is 10.2 Å². The van der Waals surface area contributed by atoms with Gasteiger partial charge in [0.25, 0.3) is 0 Å². The highest BCUT2D eigenvalue weighted by molar-refractivity contribution is 4.90. The zero-order valence-electron chi connectivity index (χ0n) is 8.34. The van der Waals surface area contributed by atoms with Gasteiger partial charge in [0.05, 0.1) is 6.61 Å². The van der Waals surface area contributed by atoms with Crippen molar-refractivity contribution >= 4 is 0 Å². The molecule has 0 amide bonds. The molecule has 0 spiro atoms. The van der Waals surface area contributed by atoms with E-state index >= 15 is 0 Å². The summed E-state index contributed by atoms with van der Waals surface area (Å²) >= 11 is 0. The first kappa shape index (κ1) is 11.4. The molecular formula is C8H13N3O5. The number of aliphatic hydroxyl groups is 4. The second-order valence-electron chi connectivity index (χ2n) is 3.53. The molecule has 0 bridgehead atoms. The van der Waals surface area contributed by atoms with Crippen LogP contribution in [0.5, 0.6) is 0 Å². The van der Waals surface area contributed by atoms with Crippen LogP contribution >= 0.6 is 0 Å². The van der Waals surface area contributed by atoms with Crippen molar-refractivity contribution in [3.05, 3.63) is 12.2 Å². The van der Waals surface area contributed by atoms with Crippen LogP contribution in [0.15, 0.2) is 6.33 Å². The Labute approximate surface area is 90.7 Å². The van der Waals surface area contributed by atoms with Crippen molar-refractivity contribution in [3.8, 4) is 0 Å². The van der Waals surface area contributed by atoms with Crippen LogP contribution in [0.4, 0.5) is 0 Å². The van der Waals surface area contributed by atoms with Gasteiger partial charge in [-0.3, -0.25) is 0 Å². The quantitative estimate of drug-likeness (QED) is 0.449. The molecule has 0 aromatic carbocycles. The lowest BCUT2D eigenvalue weighted by atomic mass is 10.1. The Morgan fingerprint density at radius 2 is 2.06 bits per heavy atom. The average molecular weight is 231 g/mol. The molecule has 4 N–H and O–H groups in total. The number of aromatic nitrogens is 3. The molecule has 0 aliphatic carbocycles. The largest absolute Gasteiger partial charge is 0.394 e. The Bertz CT molecular complexity index is 357. The second-order valence-corrected chi connectivity index (χ2v) is 3.53. The molecule has 90 valence electrons. The van der Waals surface area contributed by atoms with Gasteiger partial charge in [-0.05, 0) is 0 Å². The molecule has 0 radical (unpaired) electrons. The molecule has 1 fully saturated rings. The Hall–Kier alpha value is -1.06. The second kappa shape index (κ2) is 4.44. The van der Waals surface area contributed by atoms with E-state index in [2.05, 4.69) is 10.1 Å². The van der Waals surface area contributed by atoms with E-state index in [1.54, 1.807) is 0 Å². The van der Waals surface area contributed by atoms with Crippen LogP contribution in [-0.2, 0) is 11.3 Å². The molecule has 1 saturated heterocycles. The average Bonchev–Trinajstić information content (AvgIpc) is 2.86. The summed E-state index contributed by atoms with van der Waals surface area (Å²) in [6.07, 6.45) is -2.82. The van der Waals surface area contributed by atoms with Crippen molar-refractivity contribution in [1.82, 2.24) is 14.8 Å². The third-order valence-corrected chi connectivity index (χ3v) is 2.48. The van der Waals surface area contributed by atoms with Crippen LogP contribution in [0.1, 0.15) is 12.1 Å². The van der Waals surface area contributed by atoms with E-state index in [1.807, 2.05) is 0 Å². The Morgan fingerprint density at radius 3 is 2.56 bits per heavy atom. The predicted octanol–water partition coefficient (Wildman–Crippen LogP) is -2.62. The topological polar surface area (TPSA) is 121 Å². The van der Waals surface area contributed by atoms with Crippen LogP contribution in [0.25, 0.3) is 0 Å². The lowest BCUT2D eigenvalue weighted by molar-refractivity contribution is -0.0590. The lowest BCUT2D eigenvalue weighted by Gasteiger charge is -2.13. The highest BCUT2D eigenvalue weighted by atomic mass is 16.6. The molecule has 4 atom stereocenters. The Balaban J connectivity index is 2.16. The number of aliphatic hydroxyl groups excluding tert-OH is 4. The first-order chi connectivity index (χ1) is 7.67. The molecule has 8 nitrogen and oxygen atoms in total. The standard InChI is InChI=1S/C8H13N3O5/c12-1-4-6(14)7(15)8(16-4)11-3-9-5(2-13)10-11/h3-4,6-8,12-15H,1-2H2/t4-,6?,7+,8-/m1/s1. The first-order valence-electron chi connectivity index (χ1n) is 4.80. The van der Waals surface area contributed by atoms with Gasteiger partial charge in [0.15, 0.2) is 12.1 Å². The molecule has 1 aliphatic rings. The summed E-state index contributed by atoms with van der Waals surface area (Å²) in [7, 11) is 0. The summed E-state index contributed by atoms with van der Waals surface area (Å²) in [5, 5.41) is 40.7. The van der Waals surface area contributed by atoms with Crippen LogP contribution in [0.3, 0.4) is 0 Å². The zero-order valence-corrected chi connectivity index (χ0v) is 8.34. The molecule has 2 rings (SSSR count). The zero-order chi connectivity index (χ0) is 11.7. The predicted molar refractivity (Wildman–Crippen MR) is 49.0 cm³/mol. The summed E-state index contributed by atoms with van der Waals surface area (Å²) in [6.45, 7) is -0.710. The van der Waals surface area contributed by atoms with Gasteiger partial charge in [0.1, 0.15) is 31.2 Å². The van der Waals surface area contributed by atoms with Crippen molar-refractivity contribution in [2.75, 3.05) is 6.61 Å².